The van der Waals surface area contributed by atoms with Gasteiger partial charge in [-0.2, -0.15) is 0 Å². The molecular formula is C25H37NO5S. The first kappa shape index (κ1) is 26.4. The van der Waals surface area contributed by atoms with E-state index in [0.717, 1.165) is 35.5 Å². The average Bonchev–Trinajstić information content (AvgIpc) is 3.12. The number of hydrogen-bond acceptors (Lipinski definition) is 7. The van der Waals surface area contributed by atoms with Gasteiger partial charge in [-0.05, 0) is 50.7 Å². The van der Waals surface area contributed by atoms with Gasteiger partial charge in [0.2, 0.25) is 0 Å². The Labute approximate surface area is 195 Å². The highest BCUT2D eigenvalue weighted by Crippen LogP contribution is 2.29. The van der Waals surface area contributed by atoms with Gasteiger partial charge in [-0.3, -0.25) is 9.59 Å². The molecule has 4 atom stereocenters. The van der Waals surface area contributed by atoms with Crippen molar-refractivity contribution >= 4 is 29.2 Å². The number of aromatic nitrogens is 1. The number of Topliss-reactive ketones (excluding diaryl/α,β-unsaturated/α-hetero) is 1. The van der Waals surface area contributed by atoms with Gasteiger partial charge < -0.3 is 14.9 Å². The number of aliphatic hydroxyl groups is 2. The third-order valence-electron chi connectivity index (χ3n) is 6.30. The standard InChI is InChI=1S/C25H37NO5S/c1-16-10-8-6-7-9-11-21(17(2)12-19-15-32-18(3)26-19)31-24(30)14-23(29)25(4,5)22(28)13-20(16)27/h7,9,12,15-16,20-21,23,27,29H,6,8,10-11,13-14H2,1-5H3/b9-7-,17-12+/t16-,20?,21-,23-/m0/s1. The van der Waals surface area contributed by atoms with Crippen molar-refractivity contribution in [1.29, 1.82) is 0 Å². The molecule has 1 aromatic heterocycles. The van der Waals surface area contributed by atoms with E-state index in [1.165, 1.54) is 0 Å². The van der Waals surface area contributed by atoms with Crippen LogP contribution in [0, 0.1) is 18.3 Å². The van der Waals surface area contributed by atoms with Gasteiger partial charge in [-0.15, -0.1) is 11.3 Å². The lowest BCUT2D eigenvalue weighted by molar-refractivity contribution is -0.153. The summed E-state index contributed by atoms with van der Waals surface area (Å²) in [4.78, 5) is 29.9. The van der Waals surface area contributed by atoms with Crippen LogP contribution in [0.2, 0.25) is 0 Å². The van der Waals surface area contributed by atoms with Crippen LogP contribution in [0.25, 0.3) is 6.08 Å². The van der Waals surface area contributed by atoms with E-state index in [4.69, 9.17) is 4.74 Å². The fourth-order valence-corrected chi connectivity index (χ4v) is 4.22. The maximum absolute atomic E-state index is 12.8. The molecule has 1 aliphatic heterocycles. The van der Waals surface area contributed by atoms with E-state index in [1.54, 1.807) is 25.2 Å². The van der Waals surface area contributed by atoms with Gasteiger partial charge in [0.05, 0.1) is 29.3 Å². The Balaban J connectivity index is 2.23. The van der Waals surface area contributed by atoms with Crippen molar-refractivity contribution < 1.29 is 24.5 Å². The first-order valence-electron chi connectivity index (χ1n) is 11.3. The molecule has 1 unspecified atom stereocenters. The molecule has 0 radical (unpaired) electrons. The van der Waals surface area contributed by atoms with Gasteiger partial charge in [-0.1, -0.05) is 32.9 Å². The molecule has 0 aromatic carbocycles. The second-order valence-corrected chi connectivity index (χ2v) is 10.5. The van der Waals surface area contributed by atoms with Gasteiger partial charge in [0.25, 0.3) is 0 Å². The Hall–Kier alpha value is -1.83. The molecule has 0 saturated heterocycles. The molecule has 2 rings (SSSR count). The Kier molecular flexibility index (Phi) is 9.80. The monoisotopic (exact) mass is 463 g/mol. The third-order valence-corrected chi connectivity index (χ3v) is 7.10. The Morgan fingerprint density at radius 1 is 1.25 bits per heavy atom. The van der Waals surface area contributed by atoms with Crippen LogP contribution >= 0.6 is 11.3 Å². The van der Waals surface area contributed by atoms with Gasteiger partial charge >= 0.3 is 5.97 Å². The number of carbonyl (C=O) groups is 2. The first-order valence-corrected chi connectivity index (χ1v) is 12.2. The number of aryl methyl sites for hydroxylation is 1. The normalized spacial score (nSPS) is 30.0. The van der Waals surface area contributed by atoms with E-state index >= 15 is 0 Å². The Bertz CT molecular complexity index is 841. The highest BCUT2D eigenvalue weighted by atomic mass is 32.1. The molecule has 0 saturated carbocycles. The van der Waals surface area contributed by atoms with Crippen molar-refractivity contribution in [2.24, 2.45) is 11.3 Å². The van der Waals surface area contributed by atoms with Crippen molar-refractivity contribution in [2.45, 2.75) is 91.5 Å². The number of cyclic esters (lactones) is 1. The summed E-state index contributed by atoms with van der Waals surface area (Å²) in [5.41, 5.74) is 0.544. The summed E-state index contributed by atoms with van der Waals surface area (Å²) in [5, 5.41) is 24.0. The van der Waals surface area contributed by atoms with Gasteiger partial charge in [0.1, 0.15) is 11.9 Å². The van der Waals surface area contributed by atoms with Crippen molar-refractivity contribution in [3.05, 3.63) is 33.8 Å². The smallest absolute Gasteiger partial charge is 0.309 e. The number of rotatable bonds is 2. The lowest BCUT2D eigenvalue weighted by Crippen LogP contribution is -2.41. The van der Waals surface area contributed by atoms with Gasteiger partial charge in [0.15, 0.2) is 0 Å². The minimum Gasteiger partial charge on any atom is -0.457 e. The molecule has 0 bridgehead atoms. The number of hydrogen-bond donors (Lipinski definition) is 2. The van der Waals surface area contributed by atoms with E-state index in [-0.39, 0.29) is 24.5 Å². The molecule has 7 heteroatoms. The second kappa shape index (κ2) is 11.9. The molecular weight excluding hydrogens is 426 g/mol. The minimum absolute atomic E-state index is 0.0161. The van der Waals surface area contributed by atoms with Crippen LogP contribution in [-0.2, 0) is 14.3 Å². The highest BCUT2D eigenvalue weighted by Gasteiger charge is 2.38. The zero-order chi connectivity index (χ0) is 23.9. The van der Waals surface area contributed by atoms with Gasteiger partial charge in [-0.25, -0.2) is 4.98 Å². The topological polar surface area (TPSA) is 96.7 Å². The zero-order valence-electron chi connectivity index (χ0n) is 19.8. The summed E-state index contributed by atoms with van der Waals surface area (Å²) in [6.07, 6.45) is 6.33. The number of ether oxygens (including phenoxy) is 1. The number of ketones is 1. The molecule has 0 aliphatic carbocycles. The summed E-state index contributed by atoms with van der Waals surface area (Å²) in [7, 11) is 0. The van der Waals surface area contributed by atoms with E-state index in [2.05, 4.69) is 11.1 Å². The van der Waals surface area contributed by atoms with Gasteiger partial charge in [0, 0.05) is 23.6 Å². The van der Waals surface area contributed by atoms with Crippen molar-refractivity contribution in [3.63, 3.8) is 0 Å². The maximum Gasteiger partial charge on any atom is 0.309 e. The van der Waals surface area contributed by atoms with Crippen LogP contribution in [0.1, 0.15) is 76.9 Å². The molecule has 2 heterocycles. The highest BCUT2D eigenvalue weighted by molar-refractivity contribution is 7.09. The minimum atomic E-state index is -1.19. The molecule has 0 amide bonds. The summed E-state index contributed by atoms with van der Waals surface area (Å²) in [6.45, 7) is 9.02. The van der Waals surface area contributed by atoms with E-state index in [1.807, 2.05) is 38.3 Å². The number of esters is 1. The SMILES string of the molecule is C/C(=C\c1csc(C)n1)[C@@H]1C/C=C\CCC[C@H](C)C(O)CC(=O)C(C)(C)[C@@H](O)CC(=O)O1. The first-order chi connectivity index (χ1) is 15.0. The van der Waals surface area contributed by atoms with Crippen LogP contribution < -0.4 is 0 Å². The third kappa shape index (κ3) is 7.64. The quantitative estimate of drug-likeness (QED) is 0.490. The fraction of sp³-hybridized carbons (Fsp3) is 0.640. The van der Waals surface area contributed by atoms with Crippen LogP contribution in [0.5, 0.6) is 0 Å². The molecule has 1 aromatic rings. The second-order valence-electron chi connectivity index (χ2n) is 9.41. The fourth-order valence-electron chi connectivity index (χ4n) is 3.65. The van der Waals surface area contributed by atoms with Crippen LogP contribution in [-0.4, -0.2) is 45.3 Å². The van der Waals surface area contributed by atoms with Crippen molar-refractivity contribution in [2.75, 3.05) is 0 Å². The van der Waals surface area contributed by atoms with E-state index < -0.39 is 29.7 Å². The molecule has 0 fully saturated rings. The van der Waals surface area contributed by atoms with E-state index in [0.29, 0.717) is 6.42 Å². The molecule has 0 spiro atoms. The van der Waals surface area contributed by atoms with Crippen molar-refractivity contribution in [1.82, 2.24) is 4.98 Å². The molecule has 6 nitrogen and oxygen atoms in total. The predicted octanol–water partition coefficient (Wildman–Crippen LogP) is 4.63. The lowest BCUT2D eigenvalue weighted by Gasteiger charge is -2.31. The van der Waals surface area contributed by atoms with Crippen molar-refractivity contribution in [3.8, 4) is 0 Å². The predicted molar refractivity (Wildman–Crippen MR) is 127 cm³/mol. The number of allylic oxidation sites excluding steroid dienone is 1. The largest absolute Gasteiger partial charge is 0.457 e. The van der Waals surface area contributed by atoms with Crippen LogP contribution in [0.3, 0.4) is 0 Å². The van der Waals surface area contributed by atoms with E-state index in [9.17, 15) is 19.8 Å². The summed E-state index contributed by atoms with van der Waals surface area (Å²) in [6, 6.07) is 0. The summed E-state index contributed by atoms with van der Waals surface area (Å²) in [5.74, 6) is -0.826. The Morgan fingerprint density at radius 3 is 2.62 bits per heavy atom. The Morgan fingerprint density at radius 2 is 1.97 bits per heavy atom. The zero-order valence-corrected chi connectivity index (χ0v) is 20.7. The summed E-state index contributed by atoms with van der Waals surface area (Å²) >= 11 is 1.56. The number of thiazole rings is 1. The number of carbonyl (C=O) groups excluding carboxylic acids is 2. The number of aliphatic hydroxyl groups excluding tert-OH is 2. The lowest BCUT2D eigenvalue weighted by atomic mass is 9.77. The van der Waals surface area contributed by atoms with Crippen LogP contribution in [0.4, 0.5) is 0 Å². The molecule has 1 aliphatic rings. The maximum atomic E-state index is 12.8. The summed E-state index contributed by atoms with van der Waals surface area (Å²) < 4.78 is 5.73. The molecule has 178 valence electrons. The molecule has 32 heavy (non-hydrogen) atoms. The average molecular weight is 464 g/mol. The number of nitrogens with zero attached hydrogens (tertiary/aromatic N) is 1. The molecule has 2 N–H and O–H groups in total. The van der Waals surface area contributed by atoms with Crippen LogP contribution in [0.15, 0.2) is 23.1 Å².